The van der Waals surface area contributed by atoms with Crippen molar-refractivity contribution in [2.75, 3.05) is 17.2 Å². The summed E-state index contributed by atoms with van der Waals surface area (Å²) in [5.41, 5.74) is 2.34. The number of benzene rings is 4. The number of rotatable bonds is 11. The van der Waals surface area contributed by atoms with Gasteiger partial charge in [-0.15, -0.1) is 11.8 Å². The molecule has 0 aromatic heterocycles. The zero-order valence-corrected chi connectivity index (χ0v) is 24.7. The second-order valence-electron chi connectivity index (χ2n) is 9.09. The lowest BCUT2D eigenvalue weighted by Gasteiger charge is -2.15. The average Bonchev–Trinajstić information content (AvgIpc) is 3.00. The second kappa shape index (κ2) is 14.9. The highest BCUT2D eigenvalue weighted by Gasteiger charge is 2.18. The van der Waals surface area contributed by atoms with Crippen LogP contribution >= 0.6 is 23.4 Å². The minimum Gasteiger partial charge on any atom is -0.492 e. The van der Waals surface area contributed by atoms with Gasteiger partial charge in [0.2, 0.25) is 5.91 Å². The van der Waals surface area contributed by atoms with Gasteiger partial charge in [-0.25, -0.2) is 0 Å². The van der Waals surface area contributed by atoms with Crippen LogP contribution in [-0.2, 0) is 9.59 Å². The van der Waals surface area contributed by atoms with Gasteiger partial charge in [-0.05, 0) is 86.2 Å². The third-order valence-electron chi connectivity index (χ3n) is 5.95. The normalized spacial score (nSPS) is 11.7. The van der Waals surface area contributed by atoms with Crippen LogP contribution in [0, 0.1) is 0 Å². The zero-order chi connectivity index (χ0) is 29.9. The van der Waals surface area contributed by atoms with Crippen molar-refractivity contribution in [1.29, 1.82) is 0 Å². The fourth-order valence-corrected chi connectivity index (χ4v) is 4.82. The van der Waals surface area contributed by atoms with E-state index in [9.17, 15) is 14.4 Å². The summed E-state index contributed by atoms with van der Waals surface area (Å²) in [5.74, 6) is -0.435. The highest BCUT2D eigenvalue weighted by Crippen LogP contribution is 2.28. The molecule has 4 aromatic rings. The molecule has 1 atom stereocenters. The van der Waals surface area contributed by atoms with Gasteiger partial charge in [0.05, 0.1) is 17.5 Å². The van der Waals surface area contributed by atoms with Crippen LogP contribution in [0.2, 0.25) is 5.02 Å². The van der Waals surface area contributed by atoms with Crippen molar-refractivity contribution in [1.82, 2.24) is 5.32 Å². The van der Waals surface area contributed by atoms with Crippen LogP contribution in [-0.4, -0.2) is 29.6 Å². The number of ether oxygens (including phenoxy) is 1. The summed E-state index contributed by atoms with van der Waals surface area (Å²) >= 11 is 7.39. The number of carbonyl (C=O) groups is 3. The highest BCUT2D eigenvalue weighted by atomic mass is 35.5. The van der Waals surface area contributed by atoms with Crippen LogP contribution in [0.25, 0.3) is 6.08 Å². The van der Waals surface area contributed by atoms with Crippen molar-refractivity contribution >= 4 is 58.5 Å². The van der Waals surface area contributed by atoms with E-state index in [4.69, 9.17) is 16.3 Å². The number of thioether (sulfide) groups is 1. The Bertz CT molecular complexity index is 1560. The van der Waals surface area contributed by atoms with Crippen LogP contribution in [0.4, 0.5) is 11.4 Å². The Balaban J connectivity index is 1.42. The van der Waals surface area contributed by atoms with E-state index in [-0.39, 0.29) is 16.9 Å². The largest absolute Gasteiger partial charge is 0.492 e. The molecule has 7 nitrogen and oxygen atoms in total. The molecular weight excluding hydrogens is 570 g/mol. The number of para-hydroxylation sites is 2. The summed E-state index contributed by atoms with van der Waals surface area (Å²) in [5, 5.41) is 8.65. The summed E-state index contributed by atoms with van der Waals surface area (Å²) in [6, 6.07) is 30.0. The molecule has 4 rings (SSSR count). The molecule has 0 saturated carbocycles. The molecule has 9 heteroatoms. The Morgan fingerprint density at radius 3 is 2.21 bits per heavy atom. The molecule has 1 unspecified atom stereocenters. The monoisotopic (exact) mass is 599 g/mol. The van der Waals surface area contributed by atoms with Gasteiger partial charge in [-0.1, -0.05) is 54.1 Å². The second-order valence-corrected chi connectivity index (χ2v) is 10.9. The molecule has 3 N–H and O–H groups in total. The quantitative estimate of drug-likeness (QED) is 0.124. The fraction of sp³-hybridized carbons (Fsp3) is 0.121. The van der Waals surface area contributed by atoms with Gasteiger partial charge in [-0.2, -0.15) is 0 Å². The van der Waals surface area contributed by atoms with Crippen LogP contribution in [0.5, 0.6) is 5.75 Å². The molecule has 0 aliphatic carbocycles. The van der Waals surface area contributed by atoms with Crippen molar-refractivity contribution in [2.45, 2.75) is 24.0 Å². The molecule has 4 aromatic carbocycles. The summed E-state index contributed by atoms with van der Waals surface area (Å²) in [6.45, 7) is 4.21. The molecule has 214 valence electrons. The number of halogens is 1. The first-order valence-electron chi connectivity index (χ1n) is 13.3. The standard InChI is InChI=1S/C33H30ClN3O4S/c1-3-41-30-12-8-7-11-28(30)36-31(38)22(2)42-27-19-17-26(18-20-27)35-33(40)29(21-23-13-15-25(34)16-14-23)37-32(39)24-9-5-4-6-10-24/h4-22H,3H2,1-2H3,(H,35,40)(H,36,38)(H,37,39)/b29-21-. The van der Waals surface area contributed by atoms with Crippen LogP contribution in [0.15, 0.2) is 114 Å². The van der Waals surface area contributed by atoms with Crippen LogP contribution in [0.3, 0.4) is 0 Å². The topological polar surface area (TPSA) is 96.5 Å². The summed E-state index contributed by atoms with van der Waals surface area (Å²) in [4.78, 5) is 39.8. The smallest absolute Gasteiger partial charge is 0.272 e. The Kier molecular flexibility index (Phi) is 10.8. The van der Waals surface area contributed by atoms with Crippen molar-refractivity contribution < 1.29 is 19.1 Å². The highest BCUT2D eigenvalue weighted by molar-refractivity contribution is 8.00. The molecule has 0 spiro atoms. The predicted octanol–water partition coefficient (Wildman–Crippen LogP) is 7.27. The molecule has 0 saturated heterocycles. The predicted molar refractivity (Wildman–Crippen MR) is 170 cm³/mol. The maximum atomic E-state index is 13.3. The van der Waals surface area contributed by atoms with Gasteiger partial charge in [0, 0.05) is 21.2 Å². The Morgan fingerprint density at radius 2 is 1.52 bits per heavy atom. The molecular formula is C33H30ClN3O4S. The van der Waals surface area contributed by atoms with Crippen LogP contribution in [0.1, 0.15) is 29.8 Å². The minimum atomic E-state index is -0.490. The Labute approximate surface area is 254 Å². The summed E-state index contributed by atoms with van der Waals surface area (Å²) in [7, 11) is 0. The number of amides is 3. The van der Waals surface area contributed by atoms with E-state index in [0.29, 0.717) is 39.9 Å². The van der Waals surface area contributed by atoms with Gasteiger partial charge in [-0.3, -0.25) is 14.4 Å². The lowest BCUT2D eigenvalue weighted by molar-refractivity contribution is -0.115. The Morgan fingerprint density at radius 1 is 0.857 bits per heavy atom. The van der Waals surface area contributed by atoms with E-state index in [0.717, 1.165) is 4.90 Å². The summed E-state index contributed by atoms with van der Waals surface area (Å²) < 4.78 is 5.59. The minimum absolute atomic E-state index is 0.0715. The van der Waals surface area contributed by atoms with Gasteiger partial charge < -0.3 is 20.7 Å². The number of hydrogen-bond acceptors (Lipinski definition) is 5. The third-order valence-corrected chi connectivity index (χ3v) is 7.31. The molecule has 0 radical (unpaired) electrons. The van der Waals surface area contributed by atoms with Crippen molar-refractivity contribution in [3.05, 3.63) is 125 Å². The first-order valence-corrected chi connectivity index (χ1v) is 14.5. The van der Waals surface area contributed by atoms with Gasteiger partial charge in [0.15, 0.2) is 0 Å². The van der Waals surface area contributed by atoms with Crippen molar-refractivity contribution in [3.63, 3.8) is 0 Å². The molecule has 0 aliphatic heterocycles. The summed E-state index contributed by atoms with van der Waals surface area (Å²) in [6.07, 6.45) is 1.58. The number of carbonyl (C=O) groups excluding carboxylic acids is 3. The van der Waals surface area contributed by atoms with Crippen molar-refractivity contribution in [3.8, 4) is 5.75 Å². The maximum absolute atomic E-state index is 13.3. The molecule has 42 heavy (non-hydrogen) atoms. The van der Waals surface area contributed by atoms with E-state index >= 15 is 0 Å². The van der Waals surface area contributed by atoms with E-state index < -0.39 is 11.8 Å². The third kappa shape index (κ3) is 8.73. The Hall–Kier alpha value is -4.53. The molecule has 3 amide bonds. The maximum Gasteiger partial charge on any atom is 0.272 e. The lowest BCUT2D eigenvalue weighted by atomic mass is 10.1. The SMILES string of the molecule is CCOc1ccccc1NC(=O)C(C)Sc1ccc(NC(=O)/C(=C/c2ccc(Cl)cc2)NC(=O)c2ccccc2)cc1. The lowest BCUT2D eigenvalue weighted by Crippen LogP contribution is -2.30. The molecule has 0 bridgehead atoms. The van der Waals surface area contributed by atoms with Gasteiger partial charge in [0.1, 0.15) is 11.4 Å². The van der Waals surface area contributed by atoms with Crippen molar-refractivity contribution in [2.24, 2.45) is 0 Å². The van der Waals surface area contributed by atoms with E-state index in [1.807, 2.05) is 50.2 Å². The average molecular weight is 600 g/mol. The van der Waals surface area contributed by atoms with Crippen LogP contribution < -0.4 is 20.7 Å². The number of anilines is 2. The molecule has 0 heterocycles. The van der Waals surface area contributed by atoms with Gasteiger partial charge in [0.25, 0.3) is 11.8 Å². The fourth-order valence-electron chi connectivity index (χ4n) is 3.83. The van der Waals surface area contributed by atoms with E-state index in [1.165, 1.54) is 11.8 Å². The molecule has 0 aliphatic rings. The number of nitrogens with one attached hydrogen (secondary N) is 3. The first-order chi connectivity index (χ1) is 20.3. The zero-order valence-electron chi connectivity index (χ0n) is 23.1. The van der Waals surface area contributed by atoms with Gasteiger partial charge >= 0.3 is 0 Å². The van der Waals surface area contributed by atoms with E-state index in [1.54, 1.807) is 72.8 Å². The number of hydrogen-bond donors (Lipinski definition) is 3. The first kappa shape index (κ1) is 30.4. The van der Waals surface area contributed by atoms with E-state index in [2.05, 4.69) is 16.0 Å². The molecule has 0 fully saturated rings.